The molecule has 0 spiro atoms. The number of aromatic amines is 1. The fraction of sp³-hybridized carbons (Fsp3) is 0.628. The number of halogens is 1. The van der Waals surface area contributed by atoms with Crippen LogP contribution in [-0.2, 0) is 35.5 Å². The van der Waals surface area contributed by atoms with Crippen LogP contribution in [0.25, 0.3) is 10.9 Å². The molecule has 53 heavy (non-hydrogen) atoms. The highest BCUT2D eigenvalue weighted by Gasteiger charge is 2.70. The molecule has 0 radical (unpaired) electrons. The fourth-order valence-corrected chi connectivity index (χ4v) is 14.4. The van der Waals surface area contributed by atoms with Crippen molar-refractivity contribution < 1.29 is 27.5 Å². The van der Waals surface area contributed by atoms with Crippen LogP contribution in [0.2, 0.25) is 5.02 Å². The van der Waals surface area contributed by atoms with Crippen molar-refractivity contribution in [3.63, 3.8) is 0 Å². The topological polar surface area (TPSA) is 106 Å². The van der Waals surface area contributed by atoms with Gasteiger partial charge in [0.15, 0.2) is 5.41 Å². The van der Waals surface area contributed by atoms with Gasteiger partial charge in [0.1, 0.15) is 12.2 Å². The number of benzene rings is 2. The molecule has 8 nitrogen and oxygen atoms in total. The molecule has 1 unspecified atom stereocenters. The Kier molecular flexibility index (Phi) is 8.38. The van der Waals surface area contributed by atoms with Crippen molar-refractivity contribution in [1.29, 1.82) is 0 Å². The number of hydrogen-bond acceptors (Lipinski definition) is 6. The zero-order valence-corrected chi connectivity index (χ0v) is 32.1. The van der Waals surface area contributed by atoms with Crippen LogP contribution < -0.4 is 0 Å². The number of aryl methyl sites for hydroxylation is 1. The fourth-order valence-electron chi connectivity index (χ4n) is 12.8. The summed E-state index contributed by atoms with van der Waals surface area (Å²) in [5, 5.41) is 1.61. The number of esters is 2. The van der Waals surface area contributed by atoms with E-state index in [1.807, 2.05) is 31.3 Å². The van der Waals surface area contributed by atoms with Gasteiger partial charge in [0.05, 0.1) is 4.90 Å². The molecular weight excluding hydrogens is 708 g/mol. The number of carbonyl (C=O) groups is 2. The molecule has 1 aromatic heterocycles. The molecule has 3 aromatic rings. The van der Waals surface area contributed by atoms with E-state index in [0.717, 1.165) is 97.1 Å². The molecule has 12 rings (SSSR count). The number of hydrogen-bond donors (Lipinski definition) is 1. The Hall–Kier alpha value is -2.88. The third-order valence-electron chi connectivity index (χ3n) is 15.0. The van der Waals surface area contributed by atoms with Crippen LogP contribution >= 0.6 is 11.6 Å². The first kappa shape index (κ1) is 34.6. The van der Waals surface area contributed by atoms with Gasteiger partial charge in [0, 0.05) is 41.1 Å². The third-order valence-corrected chi connectivity index (χ3v) is 17.2. The number of aromatic nitrogens is 1. The predicted molar refractivity (Wildman–Crippen MR) is 201 cm³/mol. The molecule has 9 aliphatic rings. The molecule has 1 atom stereocenters. The number of H-pyrrole nitrogens is 1. The normalized spacial score (nSPS) is 37.8. The maximum absolute atomic E-state index is 14.7. The summed E-state index contributed by atoms with van der Waals surface area (Å²) in [5.41, 5.74) is 1.35. The minimum atomic E-state index is -3.97. The third kappa shape index (κ3) is 5.97. The first-order valence-electron chi connectivity index (χ1n) is 20.3. The van der Waals surface area contributed by atoms with Crippen molar-refractivity contribution in [2.45, 2.75) is 101 Å². The minimum Gasteiger partial charge on any atom is -0.461 e. The molecular formula is C43H51ClN2O6S. The Morgan fingerprint density at radius 2 is 1.32 bits per heavy atom. The lowest BCUT2D eigenvalue weighted by Gasteiger charge is -2.54. The van der Waals surface area contributed by atoms with E-state index >= 15 is 0 Å². The highest BCUT2D eigenvalue weighted by molar-refractivity contribution is 7.89. The Labute approximate surface area is 317 Å². The molecule has 0 aliphatic heterocycles. The van der Waals surface area contributed by atoms with Gasteiger partial charge in [-0.15, -0.1) is 0 Å². The Balaban J connectivity index is 0.945. The van der Waals surface area contributed by atoms with Gasteiger partial charge in [-0.2, -0.15) is 4.31 Å². The van der Waals surface area contributed by atoms with Crippen LogP contribution in [0.15, 0.2) is 53.6 Å². The zero-order chi connectivity index (χ0) is 36.2. The van der Waals surface area contributed by atoms with Gasteiger partial charge in [-0.3, -0.25) is 9.59 Å². The average molecular weight is 759 g/mol. The number of carbonyl (C=O) groups excluding carboxylic acids is 2. The van der Waals surface area contributed by atoms with Crippen LogP contribution in [0.4, 0.5) is 0 Å². The van der Waals surface area contributed by atoms with Gasteiger partial charge in [-0.05, 0) is 161 Å². The number of fused-ring (bicyclic) bond motifs is 1. The van der Waals surface area contributed by atoms with E-state index < -0.39 is 33.3 Å². The van der Waals surface area contributed by atoms with E-state index in [-0.39, 0.29) is 36.6 Å². The van der Waals surface area contributed by atoms with E-state index in [4.69, 9.17) is 21.1 Å². The molecule has 10 heteroatoms. The van der Waals surface area contributed by atoms with Crippen LogP contribution in [-0.4, -0.2) is 54.9 Å². The Morgan fingerprint density at radius 3 is 1.85 bits per heavy atom. The number of rotatable bonds is 11. The predicted octanol–water partition coefficient (Wildman–Crippen LogP) is 8.11. The summed E-state index contributed by atoms with van der Waals surface area (Å²) < 4.78 is 43.5. The molecule has 9 fully saturated rings. The van der Waals surface area contributed by atoms with Crippen LogP contribution in [0.1, 0.15) is 81.8 Å². The molecule has 1 heterocycles. The summed E-state index contributed by atoms with van der Waals surface area (Å²) >= 11 is 6.25. The van der Waals surface area contributed by atoms with E-state index in [9.17, 15) is 18.0 Å². The largest absolute Gasteiger partial charge is 0.461 e. The van der Waals surface area contributed by atoms with Gasteiger partial charge < -0.3 is 14.5 Å². The maximum atomic E-state index is 14.7. The Morgan fingerprint density at radius 1 is 0.792 bits per heavy atom. The molecule has 2 aromatic carbocycles. The molecule has 282 valence electrons. The quantitative estimate of drug-likeness (QED) is 0.157. The first-order valence-corrected chi connectivity index (χ1v) is 22.1. The number of sulfonamides is 1. The smallest absolute Gasteiger partial charge is 0.324 e. The number of nitrogens with zero attached hydrogens (tertiary/aromatic N) is 1. The van der Waals surface area contributed by atoms with Crippen molar-refractivity contribution in [3.05, 3.63) is 64.8 Å². The van der Waals surface area contributed by atoms with Crippen LogP contribution in [0.3, 0.4) is 0 Å². The van der Waals surface area contributed by atoms with E-state index in [0.29, 0.717) is 35.1 Å². The molecule has 0 amide bonds. The summed E-state index contributed by atoms with van der Waals surface area (Å²) in [6.07, 6.45) is 13.7. The van der Waals surface area contributed by atoms with Gasteiger partial charge in [0.2, 0.25) is 10.0 Å². The van der Waals surface area contributed by atoms with Crippen molar-refractivity contribution in [3.8, 4) is 0 Å². The van der Waals surface area contributed by atoms with E-state index in [2.05, 4.69) is 4.98 Å². The highest BCUT2D eigenvalue weighted by Crippen LogP contribution is 2.60. The number of nitrogens with one attached hydrogen (secondary N) is 1. The number of ether oxygens (including phenoxy) is 2. The SMILES string of the molecule is Cc1ccc(S(=O)(=O)N(CCc2c[nH]c3cc(Cl)ccc23)CC2CC2(C(=O)OC2C3CC4CC(C3)CC2C4)C(=O)OC2C3CC4CC(C3)CC2C4)cc1. The summed E-state index contributed by atoms with van der Waals surface area (Å²) in [4.78, 5) is 32.8. The van der Waals surface area contributed by atoms with Crippen molar-refractivity contribution in [1.82, 2.24) is 9.29 Å². The first-order chi connectivity index (χ1) is 25.5. The summed E-state index contributed by atoms with van der Waals surface area (Å²) in [7, 11) is -3.97. The van der Waals surface area contributed by atoms with E-state index in [1.54, 1.807) is 24.3 Å². The summed E-state index contributed by atoms with van der Waals surface area (Å²) in [6.45, 7) is 2.16. The second-order valence-electron chi connectivity index (χ2n) is 18.4. The molecule has 0 saturated heterocycles. The van der Waals surface area contributed by atoms with Gasteiger partial charge in [-0.1, -0.05) is 35.4 Å². The van der Waals surface area contributed by atoms with Crippen LogP contribution in [0.5, 0.6) is 0 Å². The van der Waals surface area contributed by atoms with Gasteiger partial charge in [-0.25, -0.2) is 8.42 Å². The van der Waals surface area contributed by atoms with Crippen molar-refractivity contribution >= 4 is 44.5 Å². The standard InChI is InChI=1S/C43H51ClN2O6S/c1-24-2-5-36(6-3-24)53(49,50)46(9-8-29-22-45-38-20-35(44)4-7-37(29)38)23-34-21-43(34,41(47)51-39-30-12-25-10-26(14-30)15-31(39)13-25)42(48)52-40-32-16-27-11-28(18-32)19-33(40)17-27/h2-7,20,22,25-28,30-34,39-40,45H,8-19,21,23H2,1H3. The molecule has 1 N–H and O–H groups in total. The van der Waals surface area contributed by atoms with E-state index in [1.165, 1.54) is 17.1 Å². The zero-order valence-electron chi connectivity index (χ0n) is 30.6. The second-order valence-corrected chi connectivity index (χ2v) is 20.8. The lowest BCUT2D eigenvalue weighted by atomic mass is 9.55. The Bertz CT molecular complexity index is 1930. The minimum absolute atomic E-state index is 0.0396. The molecule has 9 aliphatic carbocycles. The lowest BCUT2D eigenvalue weighted by Crippen LogP contribution is -2.53. The monoisotopic (exact) mass is 758 g/mol. The molecule has 8 bridgehead atoms. The van der Waals surface area contributed by atoms with Crippen molar-refractivity contribution in [2.24, 2.45) is 58.7 Å². The molecule has 9 saturated carbocycles. The lowest BCUT2D eigenvalue weighted by molar-refractivity contribution is -0.192. The second kappa shape index (κ2) is 12.8. The van der Waals surface area contributed by atoms with Crippen LogP contribution in [0, 0.1) is 65.6 Å². The summed E-state index contributed by atoms with van der Waals surface area (Å²) in [5.74, 6) is 2.85. The van der Waals surface area contributed by atoms with Crippen molar-refractivity contribution in [2.75, 3.05) is 13.1 Å². The average Bonchev–Trinajstić information content (AvgIpc) is 3.72. The summed E-state index contributed by atoms with van der Waals surface area (Å²) in [6, 6.07) is 12.6. The van der Waals surface area contributed by atoms with Gasteiger partial charge in [0.25, 0.3) is 0 Å². The highest BCUT2D eigenvalue weighted by atomic mass is 35.5. The maximum Gasteiger partial charge on any atom is 0.324 e. The van der Waals surface area contributed by atoms with Gasteiger partial charge >= 0.3 is 11.9 Å².